The van der Waals surface area contributed by atoms with E-state index in [2.05, 4.69) is 15.3 Å². The van der Waals surface area contributed by atoms with Crippen molar-refractivity contribution in [3.63, 3.8) is 0 Å². The molecule has 2 aromatic rings. The van der Waals surface area contributed by atoms with Crippen LogP contribution >= 0.6 is 23.8 Å². The predicted octanol–water partition coefficient (Wildman–Crippen LogP) is 2.38. The molecule has 0 radical (unpaired) electrons. The predicted molar refractivity (Wildman–Crippen MR) is 76.7 cm³/mol. The fraction of sp³-hybridized carbons (Fsp3) is 0.0833. The number of aromatic nitrogens is 2. The molecule has 0 saturated carbocycles. The molecule has 0 aliphatic rings. The van der Waals surface area contributed by atoms with Gasteiger partial charge >= 0.3 is 0 Å². The Labute approximate surface area is 115 Å². The van der Waals surface area contributed by atoms with Crippen molar-refractivity contribution in [1.82, 2.24) is 9.97 Å². The molecule has 0 bridgehead atoms. The number of halogens is 1. The fourth-order valence-corrected chi connectivity index (χ4v) is 1.70. The molecule has 0 unspecified atom stereocenters. The lowest BCUT2D eigenvalue weighted by Crippen LogP contribution is -2.12. The van der Waals surface area contributed by atoms with E-state index in [-0.39, 0.29) is 4.99 Å². The maximum absolute atomic E-state index is 5.90. The fourth-order valence-electron chi connectivity index (χ4n) is 1.39. The minimum atomic E-state index is 0.240. The van der Waals surface area contributed by atoms with Crippen LogP contribution in [-0.2, 0) is 6.54 Å². The highest BCUT2D eigenvalue weighted by Crippen LogP contribution is 2.12. The van der Waals surface area contributed by atoms with E-state index in [0.29, 0.717) is 23.1 Å². The first-order valence-corrected chi connectivity index (χ1v) is 6.04. The van der Waals surface area contributed by atoms with Crippen molar-refractivity contribution in [2.45, 2.75) is 6.54 Å². The van der Waals surface area contributed by atoms with Gasteiger partial charge in [0.2, 0.25) is 0 Å². The first kappa shape index (κ1) is 12.7. The summed E-state index contributed by atoms with van der Waals surface area (Å²) in [5.74, 6) is 0.662. The van der Waals surface area contributed by atoms with Crippen LogP contribution in [0.4, 0.5) is 5.82 Å². The second-order valence-corrected chi connectivity index (χ2v) is 4.51. The van der Waals surface area contributed by atoms with Crippen molar-refractivity contribution in [2.24, 2.45) is 5.73 Å². The SMILES string of the molecule is NC(=S)c1cnc(NCc2cccc(Cl)c2)cn1. The van der Waals surface area contributed by atoms with Gasteiger partial charge in [-0.3, -0.25) is 0 Å². The van der Waals surface area contributed by atoms with E-state index in [0.717, 1.165) is 5.56 Å². The summed E-state index contributed by atoms with van der Waals surface area (Å²) in [7, 11) is 0. The molecule has 2 rings (SSSR count). The normalized spacial score (nSPS) is 10.1. The van der Waals surface area contributed by atoms with Gasteiger partial charge < -0.3 is 11.1 Å². The third-order valence-electron chi connectivity index (χ3n) is 2.27. The van der Waals surface area contributed by atoms with E-state index in [1.54, 1.807) is 12.4 Å². The first-order valence-electron chi connectivity index (χ1n) is 5.25. The van der Waals surface area contributed by atoms with E-state index in [1.165, 1.54) is 0 Å². The number of rotatable bonds is 4. The zero-order chi connectivity index (χ0) is 13.0. The molecule has 3 N–H and O–H groups in total. The van der Waals surface area contributed by atoms with Crippen molar-refractivity contribution in [2.75, 3.05) is 5.32 Å². The Hall–Kier alpha value is -1.72. The van der Waals surface area contributed by atoms with Crippen molar-refractivity contribution >= 4 is 34.6 Å². The molecule has 1 heterocycles. The van der Waals surface area contributed by atoms with Crippen LogP contribution in [0, 0.1) is 0 Å². The smallest absolute Gasteiger partial charge is 0.144 e. The molecular formula is C12H11ClN4S. The van der Waals surface area contributed by atoms with Crippen LogP contribution in [0.15, 0.2) is 36.7 Å². The summed E-state index contributed by atoms with van der Waals surface area (Å²) in [6.07, 6.45) is 3.14. The monoisotopic (exact) mass is 278 g/mol. The van der Waals surface area contributed by atoms with E-state index < -0.39 is 0 Å². The zero-order valence-electron chi connectivity index (χ0n) is 9.43. The van der Waals surface area contributed by atoms with Gasteiger partial charge in [-0.05, 0) is 17.7 Å². The summed E-state index contributed by atoms with van der Waals surface area (Å²) in [5.41, 5.74) is 7.02. The maximum atomic E-state index is 5.90. The van der Waals surface area contributed by atoms with Gasteiger partial charge in [0.05, 0.1) is 12.4 Å². The number of hydrogen-bond acceptors (Lipinski definition) is 4. The summed E-state index contributed by atoms with van der Waals surface area (Å²) in [4.78, 5) is 8.49. The second-order valence-electron chi connectivity index (χ2n) is 3.63. The number of benzene rings is 1. The zero-order valence-corrected chi connectivity index (χ0v) is 11.0. The summed E-state index contributed by atoms with van der Waals surface area (Å²) in [5, 5.41) is 3.85. The Balaban J connectivity index is 2.00. The van der Waals surface area contributed by atoms with Crippen LogP contribution in [0.3, 0.4) is 0 Å². The quantitative estimate of drug-likeness (QED) is 0.841. The van der Waals surface area contributed by atoms with E-state index in [1.807, 2.05) is 24.3 Å². The summed E-state index contributed by atoms with van der Waals surface area (Å²) in [6.45, 7) is 0.627. The van der Waals surface area contributed by atoms with Crippen molar-refractivity contribution < 1.29 is 0 Å². The molecule has 0 fully saturated rings. The maximum Gasteiger partial charge on any atom is 0.144 e. The topological polar surface area (TPSA) is 63.8 Å². The molecule has 0 spiro atoms. The Bertz CT molecular complexity index is 556. The summed E-state index contributed by atoms with van der Waals surface area (Å²) < 4.78 is 0. The number of thiocarbonyl (C=S) groups is 1. The molecule has 92 valence electrons. The average molecular weight is 279 g/mol. The number of nitrogens with zero attached hydrogens (tertiary/aromatic N) is 2. The van der Waals surface area contributed by atoms with Gasteiger partial charge in [-0.1, -0.05) is 36.0 Å². The van der Waals surface area contributed by atoms with Crippen molar-refractivity contribution in [3.05, 3.63) is 52.9 Å². The van der Waals surface area contributed by atoms with E-state index >= 15 is 0 Å². The number of hydrogen-bond donors (Lipinski definition) is 2. The molecule has 6 heteroatoms. The lowest BCUT2D eigenvalue weighted by atomic mass is 10.2. The Morgan fingerprint density at radius 2 is 2.17 bits per heavy atom. The molecule has 18 heavy (non-hydrogen) atoms. The van der Waals surface area contributed by atoms with Crippen molar-refractivity contribution in [1.29, 1.82) is 0 Å². The van der Waals surface area contributed by atoms with Gasteiger partial charge in [0.1, 0.15) is 16.5 Å². The van der Waals surface area contributed by atoms with Crippen LogP contribution in [-0.4, -0.2) is 15.0 Å². The Morgan fingerprint density at radius 3 is 2.78 bits per heavy atom. The summed E-state index contributed by atoms with van der Waals surface area (Å²) in [6, 6.07) is 7.61. The van der Waals surface area contributed by atoms with Gasteiger partial charge in [0.25, 0.3) is 0 Å². The van der Waals surface area contributed by atoms with Crippen LogP contribution in [0.25, 0.3) is 0 Å². The molecule has 1 aromatic carbocycles. The second kappa shape index (κ2) is 5.75. The molecular weight excluding hydrogens is 268 g/mol. The lowest BCUT2D eigenvalue weighted by molar-refractivity contribution is 1.08. The minimum absolute atomic E-state index is 0.240. The molecule has 0 atom stereocenters. The van der Waals surface area contributed by atoms with Gasteiger partial charge in [-0.15, -0.1) is 0 Å². The minimum Gasteiger partial charge on any atom is -0.388 e. The molecule has 1 aromatic heterocycles. The number of anilines is 1. The van der Waals surface area contributed by atoms with Gasteiger partial charge in [-0.2, -0.15) is 0 Å². The number of nitrogens with two attached hydrogens (primary N) is 1. The number of nitrogens with one attached hydrogen (secondary N) is 1. The van der Waals surface area contributed by atoms with Crippen LogP contribution in [0.2, 0.25) is 5.02 Å². The van der Waals surface area contributed by atoms with E-state index in [9.17, 15) is 0 Å². The molecule has 4 nitrogen and oxygen atoms in total. The average Bonchev–Trinajstić information content (AvgIpc) is 2.37. The van der Waals surface area contributed by atoms with E-state index in [4.69, 9.17) is 29.6 Å². The largest absolute Gasteiger partial charge is 0.388 e. The third-order valence-corrected chi connectivity index (χ3v) is 2.71. The first-order chi connectivity index (χ1) is 8.65. The van der Waals surface area contributed by atoms with Crippen molar-refractivity contribution in [3.8, 4) is 0 Å². The third kappa shape index (κ3) is 3.38. The summed E-state index contributed by atoms with van der Waals surface area (Å²) >= 11 is 10.7. The van der Waals surface area contributed by atoms with Crippen LogP contribution in [0.1, 0.15) is 11.3 Å². The molecule has 0 aliphatic heterocycles. The highest BCUT2D eigenvalue weighted by atomic mass is 35.5. The van der Waals surface area contributed by atoms with Gasteiger partial charge in [-0.25, -0.2) is 9.97 Å². The lowest BCUT2D eigenvalue weighted by Gasteiger charge is -2.06. The van der Waals surface area contributed by atoms with Crippen LogP contribution in [0.5, 0.6) is 0 Å². The van der Waals surface area contributed by atoms with Gasteiger partial charge in [0.15, 0.2) is 0 Å². The highest BCUT2D eigenvalue weighted by Gasteiger charge is 2.00. The van der Waals surface area contributed by atoms with Gasteiger partial charge in [0, 0.05) is 11.6 Å². The Morgan fingerprint density at radius 1 is 1.33 bits per heavy atom. The molecule has 0 saturated heterocycles. The molecule has 0 amide bonds. The Kier molecular flexibility index (Phi) is 4.07. The standard InChI is InChI=1S/C12H11ClN4S/c13-9-3-1-2-8(4-9)5-16-11-7-15-10(6-17-11)12(14)18/h1-4,6-7H,5H2,(H2,14,18)(H,16,17). The van der Waals surface area contributed by atoms with Crippen LogP contribution < -0.4 is 11.1 Å². The highest BCUT2D eigenvalue weighted by molar-refractivity contribution is 7.80. The molecule has 0 aliphatic carbocycles.